The molecular weight excluding hydrogens is 348 g/mol. The molecule has 0 saturated carbocycles. The number of carbonyl (C=O) groups excluding carboxylic acids is 1. The summed E-state index contributed by atoms with van der Waals surface area (Å²) in [7, 11) is 0. The maximum atomic E-state index is 12.3. The van der Waals surface area contributed by atoms with Crippen LogP contribution in [0.4, 0.5) is 16.2 Å². The summed E-state index contributed by atoms with van der Waals surface area (Å²) in [5.74, 6) is 0. The smallest absolute Gasteiger partial charge is 0.308 e. The number of hydrogen-bond acceptors (Lipinski definition) is 2. The van der Waals surface area contributed by atoms with Crippen molar-refractivity contribution in [1.82, 2.24) is 9.38 Å². The van der Waals surface area contributed by atoms with Gasteiger partial charge in [0.05, 0.1) is 5.69 Å². The minimum atomic E-state index is -0.263. The van der Waals surface area contributed by atoms with Gasteiger partial charge in [0.2, 0.25) is 0 Å². The normalized spacial score (nSPS) is 10.8. The lowest BCUT2D eigenvalue weighted by Gasteiger charge is -2.09. The van der Waals surface area contributed by atoms with Crippen molar-refractivity contribution in [2.45, 2.75) is 20.8 Å². The van der Waals surface area contributed by atoms with Crippen LogP contribution < -0.4 is 10.6 Å². The van der Waals surface area contributed by atoms with Crippen molar-refractivity contribution < 1.29 is 4.79 Å². The van der Waals surface area contributed by atoms with Crippen molar-refractivity contribution in [2.24, 2.45) is 0 Å². The zero-order valence-electron chi connectivity index (χ0n) is 16.2. The maximum absolute atomic E-state index is 12.3. The van der Waals surface area contributed by atoms with Crippen molar-refractivity contribution in [1.29, 1.82) is 0 Å². The summed E-state index contributed by atoms with van der Waals surface area (Å²) < 4.78 is 2.02. The van der Waals surface area contributed by atoms with E-state index in [2.05, 4.69) is 16.7 Å². The Hall–Kier alpha value is -3.60. The molecular formula is C23H22N4O. The first kappa shape index (κ1) is 17.8. The van der Waals surface area contributed by atoms with Gasteiger partial charge in [-0.1, -0.05) is 24.3 Å². The Morgan fingerprint density at radius 3 is 2.25 bits per heavy atom. The molecule has 0 aliphatic rings. The second-order valence-electron chi connectivity index (χ2n) is 7.08. The number of benzene rings is 2. The van der Waals surface area contributed by atoms with E-state index >= 15 is 0 Å². The zero-order chi connectivity index (χ0) is 19.7. The summed E-state index contributed by atoms with van der Waals surface area (Å²) in [6, 6.07) is 17.4. The Balaban J connectivity index is 1.48. The van der Waals surface area contributed by atoms with Crippen LogP contribution in [0.3, 0.4) is 0 Å². The van der Waals surface area contributed by atoms with Crippen LogP contribution in [0.5, 0.6) is 0 Å². The Kier molecular flexibility index (Phi) is 4.57. The summed E-state index contributed by atoms with van der Waals surface area (Å²) in [4.78, 5) is 17.0. The summed E-state index contributed by atoms with van der Waals surface area (Å²) in [6.07, 6.45) is 4.00. The Morgan fingerprint density at radius 1 is 0.893 bits per heavy atom. The zero-order valence-corrected chi connectivity index (χ0v) is 16.2. The molecule has 28 heavy (non-hydrogen) atoms. The number of rotatable bonds is 3. The molecule has 0 fully saturated rings. The molecule has 2 aromatic carbocycles. The number of anilines is 2. The van der Waals surface area contributed by atoms with Crippen molar-refractivity contribution in [3.8, 4) is 11.3 Å². The van der Waals surface area contributed by atoms with E-state index in [4.69, 9.17) is 4.98 Å². The molecule has 0 spiro atoms. The molecule has 0 radical (unpaired) electrons. The second kappa shape index (κ2) is 7.19. The number of fused-ring (bicyclic) bond motifs is 1. The van der Waals surface area contributed by atoms with E-state index in [0.29, 0.717) is 0 Å². The molecule has 0 aliphatic carbocycles. The third-order valence-corrected chi connectivity index (χ3v) is 4.60. The van der Waals surface area contributed by atoms with Gasteiger partial charge in [-0.05, 0) is 67.8 Å². The van der Waals surface area contributed by atoms with E-state index in [1.807, 2.05) is 86.1 Å². The number of nitrogens with one attached hydrogen (secondary N) is 2. The predicted molar refractivity (Wildman–Crippen MR) is 114 cm³/mol. The molecule has 0 unspecified atom stereocenters. The predicted octanol–water partition coefficient (Wildman–Crippen LogP) is 5.57. The van der Waals surface area contributed by atoms with Gasteiger partial charge in [0.15, 0.2) is 0 Å². The van der Waals surface area contributed by atoms with Gasteiger partial charge in [-0.3, -0.25) is 0 Å². The molecule has 0 atom stereocenters. The molecule has 2 N–H and O–H groups in total. The quantitative estimate of drug-likeness (QED) is 0.495. The molecule has 0 aliphatic heterocycles. The number of urea groups is 1. The van der Waals surface area contributed by atoms with Gasteiger partial charge in [0.25, 0.3) is 0 Å². The van der Waals surface area contributed by atoms with Crippen LogP contribution in [0.25, 0.3) is 16.9 Å². The fraction of sp³-hybridized carbons (Fsp3) is 0.130. The number of pyridine rings is 1. The van der Waals surface area contributed by atoms with Crippen LogP contribution in [0, 0.1) is 20.8 Å². The van der Waals surface area contributed by atoms with Crippen molar-refractivity contribution in [3.05, 3.63) is 83.7 Å². The molecule has 2 amide bonds. The Labute approximate surface area is 164 Å². The van der Waals surface area contributed by atoms with Crippen LogP contribution in [0.1, 0.15) is 16.7 Å². The molecule has 5 heteroatoms. The van der Waals surface area contributed by atoms with E-state index in [-0.39, 0.29) is 6.03 Å². The van der Waals surface area contributed by atoms with Crippen molar-refractivity contribution in [2.75, 3.05) is 10.6 Å². The first-order valence-electron chi connectivity index (χ1n) is 9.19. The average molecular weight is 370 g/mol. The summed E-state index contributed by atoms with van der Waals surface area (Å²) in [6.45, 7) is 6.07. The number of carbonyl (C=O) groups is 1. The molecule has 5 nitrogen and oxygen atoms in total. The summed E-state index contributed by atoms with van der Waals surface area (Å²) in [5.41, 5.74) is 7.73. The molecule has 0 saturated heterocycles. The van der Waals surface area contributed by atoms with Gasteiger partial charge in [0.1, 0.15) is 5.65 Å². The SMILES string of the molecule is Cc1cc(C)cc(NC(=O)Nc2ccc(-c3cn4cccc(C)c4n3)cc2)c1. The monoisotopic (exact) mass is 370 g/mol. The van der Waals surface area contributed by atoms with Gasteiger partial charge in [-0.25, -0.2) is 9.78 Å². The fourth-order valence-corrected chi connectivity index (χ4v) is 3.36. The van der Waals surface area contributed by atoms with Crippen LogP contribution in [0.15, 0.2) is 67.0 Å². The second-order valence-corrected chi connectivity index (χ2v) is 7.08. The van der Waals surface area contributed by atoms with Crippen molar-refractivity contribution >= 4 is 23.1 Å². The standard InChI is InChI=1S/C23H22N4O/c1-15-11-16(2)13-20(12-15)25-23(28)24-19-8-6-18(7-9-19)21-14-27-10-4-5-17(3)22(27)26-21/h4-14H,1-3H3,(H2,24,25,28). The van der Waals surface area contributed by atoms with E-state index in [9.17, 15) is 4.79 Å². The molecule has 2 aromatic heterocycles. The van der Waals surface area contributed by atoms with Gasteiger partial charge >= 0.3 is 6.03 Å². The number of amides is 2. The van der Waals surface area contributed by atoms with Crippen LogP contribution >= 0.6 is 0 Å². The van der Waals surface area contributed by atoms with Crippen LogP contribution in [0.2, 0.25) is 0 Å². The number of aryl methyl sites for hydroxylation is 3. The third-order valence-electron chi connectivity index (χ3n) is 4.60. The fourth-order valence-electron chi connectivity index (χ4n) is 3.36. The average Bonchev–Trinajstić information content (AvgIpc) is 3.07. The highest BCUT2D eigenvalue weighted by Gasteiger charge is 2.07. The summed E-state index contributed by atoms with van der Waals surface area (Å²) in [5, 5.41) is 5.74. The van der Waals surface area contributed by atoms with E-state index in [1.165, 1.54) is 0 Å². The highest BCUT2D eigenvalue weighted by Crippen LogP contribution is 2.22. The van der Waals surface area contributed by atoms with Crippen LogP contribution in [-0.2, 0) is 0 Å². The Morgan fingerprint density at radius 2 is 1.57 bits per heavy atom. The van der Waals surface area contributed by atoms with E-state index in [0.717, 1.165) is 45.0 Å². The van der Waals surface area contributed by atoms with Gasteiger partial charge < -0.3 is 15.0 Å². The third kappa shape index (κ3) is 3.74. The lowest BCUT2D eigenvalue weighted by Crippen LogP contribution is -2.19. The van der Waals surface area contributed by atoms with E-state index in [1.54, 1.807) is 0 Å². The summed E-state index contributed by atoms with van der Waals surface area (Å²) >= 11 is 0. The maximum Gasteiger partial charge on any atom is 0.323 e. The number of hydrogen-bond donors (Lipinski definition) is 2. The molecule has 4 aromatic rings. The molecule has 0 bridgehead atoms. The number of nitrogens with zero attached hydrogens (tertiary/aromatic N) is 2. The lowest BCUT2D eigenvalue weighted by atomic mass is 10.1. The largest absolute Gasteiger partial charge is 0.323 e. The number of aromatic nitrogens is 2. The molecule has 140 valence electrons. The van der Waals surface area contributed by atoms with Gasteiger partial charge in [-0.15, -0.1) is 0 Å². The Bertz CT molecular complexity index is 1140. The number of imidazole rings is 1. The minimum absolute atomic E-state index is 0.263. The highest BCUT2D eigenvalue weighted by atomic mass is 16.2. The van der Waals surface area contributed by atoms with Gasteiger partial charge in [-0.2, -0.15) is 0 Å². The van der Waals surface area contributed by atoms with E-state index < -0.39 is 0 Å². The van der Waals surface area contributed by atoms with Crippen molar-refractivity contribution in [3.63, 3.8) is 0 Å². The first-order chi connectivity index (χ1) is 13.5. The topological polar surface area (TPSA) is 58.4 Å². The lowest BCUT2D eigenvalue weighted by molar-refractivity contribution is 0.262. The highest BCUT2D eigenvalue weighted by molar-refractivity contribution is 6.00. The van der Waals surface area contributed by atoms with Crippen LogP contribution in [-0.4, -0.2) is 15.4 Å². The minimum Gasteiger partial charge on any atom is -0.308 e. The first-order valence-corrected chi connectivity index (χ1v) is 9.19. The molecule has 4 rings (SSSR count). The van der Waals surface area contributed by atoms with Gasteiger partial charge in [0, 0.05) is 29.3 Å². The molecule has 2 heterocycles.